The summed E-state index contributed by atoms with van der Waals surface area (Å²) >= 11 is 1.24. The van der Waals surface area contributed by atoms with E-state index in [9.17, 15) is 4.79 Å². The Morgan fingerprint density at radius 3 is 2.66 bits per heavy atom. The summed E-state index contributed by atoms with van der Waals surface area (Å²) in [6, 6.07) is 23.2. The van der Waals surface area contributed by atoms with Crippen molar-refractivity contribution in [2.75, 3.05) is 20.3 Å². The molecule has 2 aliphatic heterocycles. The van der Waals surface area contributed by atoms with E-state index in [1.54, 1.807) is 13.2 Å². The fourth-order valence-corrected chi connectivity index (χ4v) is 5.43. The van der Waals surface area contributed by atoms with Crippen molar-refractivity contribution in [3.8, 4) is 17.2 Å². The number of rotatable bonds is 9. The highest BCUT2D eigenvalue weighted by molar-refractivity contribution is 8.27. The number of benzene rings is 3. The van der Waals surface area contributed by atoms with Gasteiger partial charge in [-0.2, -0.15) is 15.1 Å². The summed E-state index contributed by atoms with van der Waals surface area (Å²) in [6.07, 6.45) is 3.69. The molecule has 206 valence electrons. The molecule has 0 atom stereocenters. The van der Waals surface area contributed by atoms with Crippen molar-refractivity contribution in [1.82, 2.24) is 9.58 Å². The molecule has 3 aromatic carbocycles. The number of carbonyl (C=O) groups is 1. The van der Waals surface area contributed by atoms with E-state index in [0.717, 1.165) is 39.3 Å². The molecule has 9 nitrogen and oxygen atoms in total. The summed E-state index contributed by atoms with van der Waals surface area (Å²) in [7, 11) is 1.62. The number of amidine groups is 2. The molecule has 3 heterocycles. The second-order valence-corrected chi connectivity index (χ2v) is 10.4. The van der Waals surface area contributed by atoms with Gasteiger partial charge in [0.1, 0.15) is 35.5 Å². The van der Waals surface area contributed by atoms with Crippen molar-refractivity contribution >= 4 is 50.7 Å². The Labute approximate surface area is 241 Å². The van der Waals surface area contributed by atoms with E-state index in [1.165, 1.54) is 16.8 Å². The first-order valence-corrected chi connectivity index (χ1v) is 13.8. The average Bonchev–Trinajstić information content (AvgIpc) is 3.56. The van der Waals surface area contributed by atoms with Crippen molar-refractivity contribution in [2.45, 2.75) is 13.5 Å². The maximum atomic E-state index is 13.1. The van der Waals surface area contributed by atoms with E-state index in [-0.39, 0.29) is 18.0 Å². The predicted octanol–water partition coefficient (Wildman–Crippen LogP) is 5.74. The summed E-state index contributed by atoms with van der Waals surface area (Å²) in [5.74, 6) is 1.74. The van der Waals surface area contributed by atoms with Gasteiger partial charge in [-0.3, -0.25) is 10.2 Å². The highest BCUT2D eigenvalue weighted by Crippen LogP contribution is 2.31. The Kier molecular flexibility index (Phi) is 7.30. The van der Waals surface area contributed by atoms with Crippen LogP contribution in [0.2, 0.25) is 0 Å². The van der Waals surface area contributed by atoms with Gasteiger partial charge in [0.15, 0.2) is 5.84 Å². The largest absolute Gasteiger partial charge is 0.497 e. The van der Waals surface area contributed by atoms with Crippen LogP contribution >= 0.6 is 11.8 Å². The molecule has 0 bridgehead atoms. The second kappa shape index (κ2) is 11.3. The SMILES string of the molecule is COc1cccc(OCCn2cc(C=C3C(=N)N4N=C(COc5ccccc5C)SC4=NC3=O)c3ccccc32)c1. The molecule has 0 saturated carbocycles. The van der Waals surface area contributed by atoms with Gasteiger partial charge in [0.25, 0.3) is 5.91 Å². The van der Waals surface area contributed by atoms with Gasteiger partial charge in [-0.25, -0.2) is 0 Å². The van der Waals surface area contributed by atoms with Gasteiger partial charge in [0.05, 0.1) is 19.2 Å². The molecular weight excluding hydrogens is 538 g/mol. The van der Waals surface area contributed by atoms with Gasteiger partial charge in [0, 0.05) is 28.7 Å². The fraction of sp³-hybridized carbons (Fsp3) is 0.161. The molecule has 0 saturated heterocycles. The number of ether oxygens (including phenoxy) is 3. The van der Waals surface area contributed by atoms with Gasteiger partial charge < -0.3 is 18.8 Å². The van der Waals surface area contributed by atoms with Crippen LogP contribution in [0.5, 0.6) is 17.2 Å². The predicted molar refractivity (Wildman–Crippen MR) is 162 cm³/mol. The summed E-state index contributed by atoms with van der Waals surface area (Å²) in [4.78, 5) is 17.3. The number of thioether (sulfide) groups is 1. The topological polar surface area (TPSA) is 102 Å². The highest BCUT2D eigenvalue weighted by Gasteiger charge is 2.36. The van der Waals surface area contributed by atoms with Crippen molar-refractivity contribution in [3.63, 3.8) is 0 Å². The number of hydrogen-bond acceptors (Lipinski definition) is 7. The Morgan fingerprint density at radius 2 is 1.80 bits per heavy atom. The summed E-state index contributed by atoms with van der Waals surface area (Å²) in [5, 5.41) is 16.6. The van der Waals surface area contributed by atoms with Gasteiger partial charge in [-0.05, 0) is 54.6 Å². The minimum Gasteiger partial charge on any atom is -0.497 e. The number of aromatic nitrogens is 1. The van der Waals surface area contributed by atoms with Crippen molar-refractivity contribution < 1.29 is 19.0 Å². The number of hydrazone groups is 1. The molecule has 4 aromatic rings. The second-order valence-electron chi connectivity index (χ2n) is 9.39. The monoisotopic (exact) mass is 565 g/mol. The quantitative estimate of drug-likeness (QED) is 0.260. The lowest BCUT2D eigenvalue weighted by atomic mass is 10.1. The Hall–Kier alpha value is -4.83. The van der Waals surface area contributed by atoms with Crippen LogP contribution in [0.15, 0.2) is 94.7 Å². The van der Waals surface area contributed by atoms with E-state index in [4.69, 9.17) is 19.6 Å². The van der Waals surface area contributed by atoms with E-state index >= 15 is 0 Å². The van der Waals surface area contributed by atoms with Crippen LogP contribution in [0, 0.1) is 12.3 Å². The fourth-order valence-electron chi connectivity index (χ4n) is 4.63. The zero-order valence-corrected chi connectivity index (χ0v) is 23.4. The zero-order valence-electron chi connectivity index (χ0n) is 22.5. The molecule has 41 heavy (non-hydrogen) atoms. The van der Waals surface area contributed by atoms with Gasteiger partial charge in [-0.15, -0.1) is 0 Å². The molecule has 6 rings (SSSR count). The molecule has 0 aliphatic carbocycles. The van der Waals surface area contributed by atoms with Crippen LogP contribution in [0.1, 0.15) is 11.1 Å². The first-order chi connectivity index (χ1) is 20.0. The van der Waals surface area contributed by atoms with Crippen LogP contribution in [-0.4, -0.2) is 51.9 Å². The first-order valence-electron chi connectivity index (χ1n) is 13.0. The number of amides is 1. The number of methoxy groups -OCH3 is 1. The van der Waals surface area contributed by atoms with Crippen LogP contribution in [-0.2, 0) is 11.3 Å². The molecule has 1 aromatic heterocycles. The third-order valence-electron chi connectivity index (χ3n) is 6.70. The molecule has 0 unspecified atom stereocenters. The number of para-hydroxylation sites is 2. The van der Waals surface area contributed by atoms with Crippen LogP contribution in [0.3, 0.4) is 0 Å². The lowest BCUT2D eigenvalue weighted by molar-refractivity contribution is -0.114. The van der Waals surface area contributed by atoms with Crippen molar-refractivity contribution in [3.05, 3.63) is 95.7 Å². The number of aryl methyl sites for hydroxylation is 1. The van der Waals surface area contributed by atoms with Crippen LogP contribution in [0.4, 0.5) is 0 Å². The van der Waals surface area contributed by atoms with E-state index in [2.05, 4.69) is 14.7 Å². The molecule has 10 heteroatoms. The molecular formula is C31H27N5O4S. The Balaban J connectivity index is 1.21. The van der Waals surface area contributed by atoms with E-state index < -0.39 is 5.91 Å². The summed E-state index contributed by atoms with van der Waals surface area (Å²) in [5.41, 5.74) is 3.01. The maximum absolute atomic E-state index is 13.1. The lowest BCUT2D eigenvalue weighted by Gasteiger charge is -2.20. The highest BCUT2D eigenvalue weighted by atomic mass is 32.2. The van der Waals surface area contributed by atoms with Gasteiger partial charge in [0.2, 0.25) is 5.17 Å². The Bertz CT molecular complexity index is 1760. The van der Waals surface area contributed by atoms with Crippen molar-refractivity contribution in [1.29, 1.82) is 5.41 Å². The van der Waals surface area contributed by atoms with Crippen LogP contribution < -0.4 is 14.2 Å². The molecule has 1 amide bonds. The minimum absolute atomic E-state index is 0.0171. The smallest absolute Gasteiger partial charge is 0.283 e. The molecule has 0 fully saturated rings. The minimum atomic E-state index is -0.469. The van der Waals surface area contributed by atoms with Gasteiger partial charge >= 0.3 is 0 Å². The van der Waals surface area contributed by atoms with E-state index in [0.29, 0.717) is 23.4 Å². The first kappa shape index (κ1) is 26.4. The molecule has 0 radical (unpaired) electrons. The summed E-state index contributed by atoms with van der Waals surface area (Å²) in [6.45, 7) is 3.22. The lowest BCUT2D eigenvalue weighted by Crippen LogP contribution is -2.35. The standard InChI is InChI=1S/C31H27N5O4S/c1-20-8-3-6-13-27(20)40-19-28-34-36-29(32)25(30(37)33-31(36)41-28)16-21-18-35(26-12-5-4-11-24(21)26)14-15-39-23-10-7-9-22(17-23)38-2/h3-13,16-18,32H,14-15,19H2,1-2H3. The average molecular weight is 566 g/mol. The normalized spacial score (nSPS) is 15.7. The molecule has 0 spiro atoms. The number of aliphatic imine (C=N–C) groups is 1. The Morgan fingerprint density at radius 1 is 1.00 bits per heavy atom. The number of carbonyl (C=O) groups excluding carboxylic acids is 1. The summed E-state index contributed by atoms with van der Waals surface area (Å²) < 4.78 is 19.2. The van der Waals surface area contributed by atoms with Crippen LogP contribution in [0.25, 0.3) is 17.0 Å². The van der Waals surface area contributed by atoms with Gasteiger partial charge in [-0.1, -0.05) is 42.5 Å². The number of nitrogens with zero attached hydrogens (tertiary/aromatic N) is 4. The third kappa shape index (κ3) is 5.46. The number of nitrogens with one attached hydrogen (secondary N) is 1. The van der Waals surface area contributed by atoms with Crippen molar-refractivity contribution in [2.24, 2.45) is 10.1 Å². The zero-order chi connectivity index (χ0) is 28.3. The van der Waals surface area contributed by atoms with E-state index in [1.807, 2.05) is 85.9 Å². The maximum Gasteiger partial charge on any atom is 0.283 e. The third-order valence-corrected chi connectivity index (χ3v) is 7.58. The molecule has 2 aliphatic rings. The number of fused-ring (bicyclic) bond motifs is 2. The number of hydrogen-bond donors (Lipinski definition) is 1. The molecule has 1 N–H and O–H groups in total.